The van der Waals surface area contributed by atoms with Crippen molar-refractivity contribution in [2.45, 2.75) is 32.2 Å². The summed E-state index contributed by atoms with van der Waals surface area (Å²) in [7, 11) is 0. The molecule has 0 heterocycles. The Morgan fingerprint density at radius 1 is 1.35 bits per heavy atom. The van der Waals surface area contributed by atoms with Crippen LogP contribution in [0.25, 0.3) is 0 Å². The summed E-state index contributed by atoms with van der Waals surface area (Å²) in [5, 5.41) is 11.0. The second-order valence-electron chi connectivity index (χ2n) is 4.30. The summed E-state index contributed by atoms with van der Waals surface area (Å²) >= 11 is 5.68. The molecule has 20 heavy (non-hydrogen) atoms. The van der Waals surface area contributed by atoms with Gasteiger partial charge in [-0.05, 0) is 18.6 Å². The van der Waals surface area contributed by atoms with Crippen LogP contribution in [0.3, 0.4) is 0 Å². The second-order valence-corrected chi connectivity index (χ2v) is 4.71. The van der Waals surface area contributed by atoms with E-state index in [4.69, 9.17) is 16.7 Å². The molecule has 0 fully saturated rings. The maximum atomic E-state index is 13.1. The van der Waals surface area contributed by atoms with E-state index in [1.165, 1.54) is 0 Å². The Balaban J connectivity index is 2.88. The van der Waals surface area contributed by atoms with Crippen molar-refractivity contribution in [3.05, 3.63) is 34.4 Å². The van der Waals surface area contributed by atoms with Crippen LogP contribution in [-0.4, -0.2) is 23.0 Å². The molecule has 0 radical (unpaired) electrons. The van der Waals surface area contributed by atoms with E-state index < -0.39 is 29.6 Å². The molecule has 7 heteroatoms. The van der Waals surface area contributed by atoms with E-state index in [0.717, 1.165) is 0 Å². The average Bonchev–Trinajstić information content (AvgIpc) is 2.33. The Morgan fingerprint density at radius 3 is 2.50 bits per heavy atom. The molecule has 0 aromatic heterocycles. The van der Waals surface area contributed by atoms with E-state index in [1.807, 2.05) is 6.92 Å². The predicted octanol–water partition coefficient (Wildman–Crippen LogP) is 2.99. The second kappa shape index (κ2) is 7.19. The topological polar surface area (TPSA) is 66.4 Å². The van der Waals surface area contributed by atoms with Crippen molar-refractivity contribution < 1.29 is 23.5 Å². The van der Waals surface area contributed by atoms with Gasteiger partial charge in [-0.3, -0.25) is 9.59 Å². The Kier molecular flexibility index (Phi) is 5.88. The molecule has 2 N–H and O–H groups in total. The molecule has 110 valence electrons. The van der Waals surface area contributed by atoms with Crippen LogP contribution in [-0.2, 0) is 4.79 Å². The maximum Gasteiger partial charge on any atom is 0.305 e. The van der Waals surface area contributed by atoms with Crippen LogP contribution in [0.4, 0.5) is 8.78 Å². The standard InChI is InChI=1S/C13H14ClF2NO3/c1-2-3-7(4-12(18)19)17-13(20)8-5-10(15)11(16)6-9(8)14/h5-7H,2-4H2,1H3,(H,17,20)(H,18,19). The van der Waals surface area contributed by atoms with Gasteiger partial charge in [-0.25, -0.2) is 8.78 Å². The smallest absolute Gasteiger partial charge is 0.305 e. The number of aliphatic carboxylic acids is 1. The molecule has 0 aliphatic heterocycles. The lowest BCUT2D eigenvalue weighted by molar-refractivity contribution is -0.137. The summed E-state index contributed by atoms with van der Waals surface area (Å²) in [5.41, 5.74) is -0.225. The van der Waals surface area contributed by atoms with E-state index in [0.29, 0.717) is 25.0 Å². The van der Waals surface area contributed by atoms with Crippen LogP contribution in [0.1, 0.15) is 36.5 Å². The number of benzene rings is 1. The van der Waals surface area contributed by atoms with Gasteiger partial charge in [0.15, 0.2) is 11.6 Å². The van der Waals surface area contributed by atoms with Crippen molar-refractivity contribution in [1.29, 1.82) is 0 Å². The van der Waals surface area contributed by atoms with Crippen molar-refractivity contribution in [3.8, 4) is 0 Å². The van der Waals surface area contributed by atoms with Crippen LogP contribution in [0.15, 0.2) is 12.1 Å². The number of carbonyl (C=O) groups is 2. The molecule has 0 bridgehead atoms. The fourth-order valence-corrected chi connectivity index (χ4v) is 1.98. The number of halogens is 3. The van der Waals surface area contributed by atoms with Crippen LogP contribution >= 0.6 is 11.6 Å². The maximum absolute atomic E-state index is 13.1. The van der Waals surface area contributed by atoms with Crippen LogP contribution in [0, 0.1) is 11.6 Å². The van der Waals surface area contributed by atoms with Gasteiger partial charge in [-0.2, -0.15) is 0 Å². The van der Waals surface area contributed by atoms with Crippen molar-refractivity contribution in [2.75, 3.05) is 0 Å². The van der Waals surface area contributed by atoms with Gasteiger partial charge in [0.25, 0.3) is 5.91 Å². The zero-order chi connectivity index (χ0) is 15.3. The number of nitrogens with one attached hydrogen (secondary N) is 1. The number of carbonyl (C=O) groups excluding carboxylic acids is 1. The fourth-order valence-electron chi connectivity index (χ4n) is 1.74. The molecule has 0 aliphatic rings. The van der Waals surface area contributed by atoms with Gasteiger partial charge in [0.1, 0.15) is 0 Å². The molecule has 0 aliphatic carbocycles. The normalized spacial score (nSPS) is 12.0. The van der Waals surface area contributed by atoms with Gasteiger partial charge in [0.2, 0.25) is 0 Å². The molecule has 0 spiro atoms. The van der Waals surface area contributed by atoms with E-state index in [2.05, 4.69) is 5.32 Å². The summed E-state index contributed by atoms with van der Waals surface area (Å²) in [6, 6.07) is 0.809. The molecule has 1 aromatic rings. The summed E-state index contributed by atoms with van der Waals surface area (Å²) in [5.74, 6) is -4.12. The van der Waals surface area contributed by atoms with Crippen molar-refractivity contribution in [1.82, 2.24) is 5.32 Å². The molecular weight excluding hydrogens is 292 g/mol. The highest BCUT2D eigenvalue weighted by Gasteiger charge is 2.19. The van der Waals surface area contributed by atoms with E-state index in [9.17, 15) is 18.4 Å². The first-order valence-electron chi connectivity index (χ1n) is 6.02. The van der Waals surface area contributed by atoms with E-state index in [-0.39, 0.29) is 17.0 Å². The third-order valence-corrected chi connectivity index (χ3v) is 2.96. The average molecular weight is 306 g/mol. The number of rotatable bonds is 6. The molecule has 0 saturated carbocycles. The van der Waals surface area contributed by atoms with Crippen molar-refractivity contribution in [2.24, 2.45) is 0 Å². The number of hydrogen-bond donors (Lipinski definition) is 2. The quantitative estimate of drug-likeness (QED) is 0.794. The first kappa shape index (κ1) is 16.4. The Morgan fingerprint density at radius 2 is 1.95 bits per heavy atom. The zero-order valence-corrected chi connectivity index (χ0v) is 11.5. The molecule has 1 rings (SSSR count). The third kappa shape index (κ3) is 4.45. The lowest BCUT2D eigenvalue weighted by Crippen LogP contribution is -2.36. The first-order valence-corrected chi connectivity index (χ1v) is 6.40. The van der Waals surface area contributed by atoms with Crippen LogP contribution in [0.2, 0.25) is 5.02 Å². The summed E-state index contributed by atoms with van der Waals surface area (Å²) in [6.45, 7) is 1.84. The van der Waals surface area contributed by atoms with Gasteiger partial charge >= 0.3 is 5.97 Å². The highest BCUT2D eigenvalue weighted by atomic mass is 35.5. The predicted molar refractivity (Wildman–Crippen MR) is 69.8 cm³/mol. The minimum atomic E-state index is -1.19. The Hall–Kier alpha value is -1.69. The third-order valence-electron chi connectivity index (χ3n) is 2.65. The monoisotopic (exact) mass is 305 g/mol. The van der Waals surface area contributed by atoms with Crippen molar-refractivity contribution >= 4 is 23.5 Å². The van der Waals surface area contributed by atoms with Gasteiger partial charge in [0, 0.05) is 6.04 Å². The molecule has 1 aromatic carbocycles. The number of hydrogen-bond acceptors (Lipinski definition) is 2. The lowest BCUT2D eigenvalue weighted by Gasteiger charge is -2.16. The fraction of sp³-hybridized carbons (Fsp3) is 0.385. The number of carboxylic acid groups (broad SMARTS) is 1. The Bertz CT molecular complexity index is 523. The lowest BCUT2D eigenvalue weighted by atomic mass is 10.1. The summed E-state index contributed by atoms with van der Waals surface area (Å²) in [6.07, 6.45) is 0.879. The van der Waals surface area contributed by atoms with Gasteiger partial charge in [-0.15, -0.1) is 0 Å². The molecule has 1 unspecified atom stereocenters. The summed E-state index contributed by atoms with van der Waals surface area (Å²) < 4.78 is 26.0. The molecular formula is C13H14ClF2NO3. The highest BCUT2D eigenvalue weighted by molar-refractivity contribution is 6.33. The van der Waals surface area contributed by atoms with E-state index >= 15 is 0 Å². The van der Waals surface area contributed by atoms with Crippen LogP contribution in [0.5, 0.6) is 0 Å². The SMILES string of the molecule is CCCC(CC(=O)O)NC(=O)c1cc(F)c(F)cc1Cl. The highest BCUT2D eigenvalue weighted by Crippen LogP contribution is 2.20. The van der Waals surface area contributed by atoms with Crippen LogP contribution < -0.4 is 5.32 Å². The van der Waals surface area contributed by atoms with Gasteiger partial charge in [-0.1, -0.05) is 24.9 Å². The molecule has 1 atom stereocenters. The minimum absolute atomic E-state index is 0.225. The van der Waals surface area contributed by atoms with Gasteiger partial charge in [0.05, 0.1) is 17.0 Å². The van der Waals surface area contributed by atoms with Gasteiger partial charge < -0.3 is 10.4 Å². The first-order chi connectivity index (χ1) is 9.35. The minimum Gasteiger partial charge on any atom is -0.481 e. The largest absolute Gasteiger partial charge is 0.481 e. The Labute approximate surface area is 119 Å². The molecule has 4 nitrogen and oxygen atoms in total. The zero-order valence-electron chi connectivity index (χ0n) is 10.8. The molecule has 1 amide bonds. The van der Waals surface area contributed by atoms with E-state index in [1.54, 1.807) is 0 Å². The summed E-state index contributed by atoms with van der Waals surface area (Å²) in [4.78, 5) is 22.6. The number of amides is 1. The molecule has 0 saturated heterocycles. The van der Waals surface area contributed by atoms with Crippen molar-refractivity contribution in [3.63, 3.8) is 0 Å². The number of carboxylic acids is 1.